The molecule has 2 rings (SSSR count). The van der Waals surface area contributed by atoms with E-state index >= 15 is 0 Å². The van der Waals surface area contributed by atoms with Crippen molar-refractivity contribution in [1.29, 1.82) is 0 Å². The molecular formula is C17H23ClN2O3S2. The minimum Gasteiger partial charge on any atom is -0.313 e. The summed E-state index contributed by atoms with van der Waals surface area (Å²) in [6.45, 7) is 5.98. The monoisotopic (exact) mass is 402 g/mol. The highest BCUT2D eigenvalue weighted by Gasteiger charge is 2.16. The molecule has 138 valence electrons. The standard InChI is InChI=1S/C17H22N2O3S2.ClH/c1-12(2)6-7-19-10-13-4-3-5-14(8-13)17(20)15-9-16(23-11-15)24(18,21)22;/h3-5,8-9,11-12,19H,6-7,10H2,1-2H3,(H2,18,21,22);1H. The number of thiophene rings is 1. The lowest BCUT2D eigenvalue weighted by molar-refractivity contribution is 0.103. The van der Waals surface area contributed by atoms with E-state index in [1.54, 1.807) is 6.07 Å². The van der Waals surface area contributed by atoms with E-state index in [-0.39, 0.29) is 22.4 Å². The molecule has 0 fully saturated rings. The molecular weight excluding hydrogens is 380 g/mol. The summed E-state index contributed by atoms with van der Waals surface area (Å²) in [6.07, 6.45) is 1.10. The van der Waals surface area contributed by atoms with E-state index in [0.717, 1.165) is 29.9 Å². The number of hydrogen-bond acceptors (Lipinski definition) is 5. The molecule has 1 aromatic heterocycles. The number of carbonyl (C=O) groups excluding carboxylic acids is 1. The van der Waals surface area contributed by atoms with Crippen molar-refractivity contribution in [3.63, 3.8) is 0 Å². The van der Waals surface area contributed by atoms with E-state index in [2.05, 4.69) is 19.2 Å². The van der Waals surface area contributed by atoms with Gasteiger partial charge in [0.1, 0.15) is 4.21 Å². The fraction of sp³-hybridized carbons (Fsp3) is 0.353. The van der Waals surface area contributed by atoms with Gasteiger partial charge in [0.05, 0.1) is 0 Å². The fourth-order valence-electron chi connectivity index (χ4n) is 2.20. The molecule has 0 unspecified atom stereocenters. The topological polar surface area (TPSA) is 89.3 Å². The summed E-state index contributed by atoms with van der Waals surface area (Å²) in [5, 5.41) is 9.97. The number of ketones is 1. The van der Waals surface area contributed by atoms with Crippen LogP contribution >= 0.6 is 23.7 Å². The van der Waals surface area contributed by atoms with Gasteiger partial charge in [0.15, 0.2) is 5.78 Å². The Morgan fingerprint density at radius 3 is 2.56 bits per heavy atom. The summed E-state index contributed by atoms with van der Waals surface area (Å²) >= 11 is 0.957. The van der Waals surface area contributed by atoms with Crippen molar-refractivity contribution < 1.29 is 13.2 Å². The molecule has 5 nitrogen and oxygen atoms in total. The highest BCUT2D eigenvalue weighted by Crippen LogP contribution is 2.21. The maximum absolute atomic E-state index is 12.5. The van der Waals surface area contributed by atoms with Gasteiger partial charge in [-0.3, -0.25) is 4.79 Å². The molecule has 1 aromatic carbocycles. The van der Waals surface area contributed by atoms with Gasteiger partial charge < -0.3 is 5.32 Å². The third-order valence-corrected chi connectivity index (χ3v) is 5.92. The number of primary sulfonamides is 1. The zero-order chi connectivity index (χ0) is 17.7. The van der Waals surface area contributed by atoms with E-state index in [1.807, 2.05) is 18.2 Å². The summed E-state index contributed by atoms with van der Waals surface area (Å²) in [4.78, 5) is 12.5. The molecule has 0 atom stereocenters. The minimum absolute atomic E-state index is 0. The molecule has 0 spiro atoms. The number of rotatable bonds is 8. The Morgan fingerprint density at radius 2 is 1.96 bits per heavy atom. The number of nitrogens with one attached hydrogen (secondary N) is 1. The van der Waals surface area contributed by atoms with Crippen LogP contribution < -0.4 is 10.5 Å². The Hall–Kier alpha value is -1.25. The maximum atomic E-state index is 12.5. The zero-order valence-corrected chi connectivity index (χ0v) is 16.6. The van der Waals surface area contributed by atoms with E-state index < -0.39 is 10.0 Å². The average molecular weight is 403 g/mol. The second kappa shape index (κ2) is 9.45. The van der Waals surface area contributed by atoms with Crippen LogP contribution in [-0.2, 0) is 16.6 Å². The van der Waals surface area contributed by atoms with Crippen molar-refractivity contribution in [1.82, 2.24) is 5.32 Å². The van der Waals surface area contributed by atoms with Gasteiger partial charge in [-0.15, -0.1) is 23.7 Å². The molecule has 3 N–H and O–H groups in total. The van der Waals surface area contributed by atoms with Crippen LogP contribution in [0.3, 0.4) is 0 Å². The van der Waals surface area contributed by atoms with Crippen LogP contribution in [0.15, 0.2) is 39.9 Å². The van der Waals surface area contributed by atoms with Crippen molar-refractivity contribution in [2.24, 2.45) is 11.1 Å². The normalized spacial score (nSPS) is 11.4. The van der Waals surface area contributed by atoms with Crippen LogP contribution in [0, 0.1) is 5.92 Å². The molecule has 0 aliphatic heterocycles. The molecule has 0 aliphatic rings. The summed E-state index contributed by atoms with van der Waals surface area (Å²) in [7, 11) is -3.77. The van der Waals surface area contributed by atoms with Gasteiger partial charge in [0.25, 0.3) is 0 Å². The number of benzene rings is 1. The Bertz CT molecular complexity index is 817. The van der Waals surface area contributed by atoms with Gasteiger partial charge in [0, 0.05) is 23.1 Å². The molecule has 8 heteroatoms. The number of halogens is 1. The van der Waals surface area contributed by atoms with Crippen molar-refractivity contribution >= 4 is 39.6 Å². The molecule has 0 bridgehead atoms. The first-order chi connectivity index (χ1) is 11.3. The van der Waals surface area contributed by atoms with E-state index in [1.165, 1.54) is 11.4 Å². The minimum atomic E-state index is -3.77. The third kappa shape index (κ3) is 6.52. The second-order valence-electron chi connectivity index (χ2n) is 6.09. The summed E-state index contributed by atoms with van der Waals surface area (Å²) in [6, 6.07) is 8.69. The summed E-state index contributed by atoms with van der Waals surface area (Å²) < 4.78 is 22.6. The maximum Gasteiger partial charge on any atom is 0.247 e. The number of sulfonamides is 1. The highest BCUT2D eigenvalue weighted by molar-refractivity contribution is 7.91. The van der Waals surface area contributed by atoms with Gasteiger partial charge in [-0.1, -0.05) is 32.0 Å². The Morgan fingerprint density at radius 1 is 1.24 bits per heavy atom. The Kier molecular flexibility index (Phi) is 8.24. The lowest BCUT2D eigenvalue weighted by Crippen LogP contribution is -2.16. The van der Waals surface area contributed by atoms with Gasteiger partial charge in [-0.05, 0) is 36.6 Å². The quantitative estimate of drug-likeness (QED) is 0.524. The van der Waals surface area contributed by atoms with Crippen LogP contribution in [0.25, 0.3) is 0 Å². The van der Waals surface area contributed by atoms with Crippen molar-refractivity contribution in [3.05, 3.63) is 52.4 Å². The molecule has 25 heavy (non-hydrogen) atoms. The van der Waals surface area contributed by atoms with Gasteiger partial charge in [0.2, 0.25) is 10.0 Å². The Balaban J connectivity index is 0.00000312. The lowest BCUT2D eigenvalue weighted by Gasteiger charge is -2.08. The third-order valence-electron chi connectivity index (χ3n) is 3.53. The average Bonchev–Trinajstić information content (AvgIpc) is 3.01. The molecule has 2 aromatic rings. The molecule has 0 saturated heterocycles. The molecule has 0 radical (unpaired) electrons. The fourth-order valence-corrected chi connectivity index (χ4v) is 3.78. The molecule has 0 aliphatic carbocycles. The highest BCUT2D eigenvalue weighted by atomic mass is 35.5. The largest absolute Gasteiger partial charge is 0.313 e. The van der Waals surface area contributed by atoms with Gasteiger partial charge >= 0.3 is 0 Å². The van der Waals surface area contributed by atoms with Gasteiger partial charge in [-0.25, -0.2) is 13.6 Å². The van der Waals surface area contributed by atoms with E-state index in [4.69, 9.17) is 5.14 Å². The van der Waals surface area contributed by atoms with Crippen molar-refractivity contribution in [2.45, 2.75) is 31.0 Å². The predicted molar refractivity (Wildman–Crippen MR) is 104 cm³/mol. The molecule has 1 heterocycles. The first-order valence-corrected chi connectivity index (χ1v) is 10.2. The van der Waals surface area contributed by atoms with Crippen molar-refractivity contribution in [3.8, 4) is 0 Å². The van der Waals surface area contributed by atoms with Gasteiger partial charge in [-0.2, -0.15) is 0 Å². The zero-order valence-electron chi connectivity index (χ0n) is 14.2. The summed E-state index contributed by atoms with van der Waals surface area (Å²) in [5.74, 6) is 0.446. The van der Waals surface area contributed by atoms with Crippen LogP contribution in [0.1, 0.15) is 41.8 Å². The van der Waals surface area contributed by atoms with Crippen LogP contribution in [0.4, 0.5) is 0 Å². The second-order valence-corrected chi connectivity index (χ2v) is 8.79. The Labute approximate surface area is 159 Å². The first kappa shape index (κ1) is 21.8. The first-order valence-electron chi connectivity index (χ1n) is 7.73. The van der Waals surface area contributed by atoms with Crippen molar-refractivity contribution in [2.75, 3.05) is 6.54 Å². The number of hydrogen-bond donors (Lipinski definition) is 2. The SMILES string of the molecule is CC(C)CCNCc1cccc(C(=O)c2csc(S(N)(=O)=O)c2)c1.Cl. The van der Waals surface area contributed by atoms with Crippen LogP contribution in [-0.4, -0.2) is 20.7 Å². The molecule has 0 amide bonds. The van der Waals surface area contributed by atoms with E-state index in [0.29, 0.717) is 23.6 Å². The number of carbonyl (C=O) groups is 1. The van der Waals surface area contributed by atoms with Crippen LogP contribution in [0.5, 0.6) is 0 Å². The summed E-state index contributed by atoms with van der Waals surface area (Å²) in [5.41, 5.74) is 1.90. The van der Waals surface area contributed by atoms with E-state index in [9.17, 15) is 13.2 Å². The number of nitrogens with two attached hydrogens (primary N) is 1. The predicted octanol–water partition coefficient (Wildman–Crippen LogP) is 3.18. The molecule has 0 saturated carbocycles. The lowest BCUT2D eigenvalue weighted by atomic mass is 10.0. The van der Waals surface area contributed by atoms with Crippen LogP contribution in [0.2, 0.25) is 0 Å². The smallest absolute Gasteiger partial charge is 0.247 e.